The standard InChI is InChI=1S/C12H24N2S.ClH/c1-12(2,13)9-14-7-8-15-11-6-4-3-5-10(11)14;/h10-11H,3-9,13H2,1-2H3;1H. The Morgan fingerprint density at radius 2 is 2.00 bits per heavy atom. The third-order valence-electron chi connectivity index (χ3n) is 3.46. The highest BCUT2D eigenvalue weighted by molar-refractivity contribution is 8.00. The largest absolute Gasteiger partial charge is 0.324 e. The van der Waals surface area contributed by atoms with Crippen molar-refractivity contribution in [2.75, 3.05) is 18.8 Å². The topological polar surface area (TPSA) is 29.3 Å². The van der Waals surface area contributed by atoms with Gasteiger partial charge >= 0.3 is 0 Å². The number of hydrogen-bond acceptors (Lipinski definition) is 3. The van der Waals surface area contributed by atoms with E-state index in [4.69, 9.17) is 5.73 Å². The van der Waals surface area contributed by atoms with E-state index in [0.29, 0.717) is 0 Å². The van der Waals surface area contributed by atoms with Gasteiger partial charge in [-0.3, -0.25) is 4.90 Å². The summed E-state index contributed by atoms with van der Waals surface area (Å²) in [4.78, 5) is 2.65. The molecule has 1 saturated heterocycles. The monoisotopic (exact) mass is 264 g/mol. The Bertz CT molecular complexity index is 216. The van der Waals surface area contributed by atoms with Crippen molar-refractivity contribution < 1.29 is 0 Å². The maximum Gasteiger partial charge on any atom is 0.0226 e. The fourth-order valence-electron chi connectivity index (χ4n) is 2.90. The summed E-state index contributed by atoms with van der Waals surface area (Å²) in [6.07, 6.45) is 5.68. The molecular formula is C12H25ClN2S. The zero-order valence-corrected chi connectivity index (χ0v) is 12.1. The van der Waals surface area contributed by atoms with Gasteiger partial charge in [0.05, 0.1) is 0 Å². The molecule has 4 heteroatoms. The molecule has 2 aliphatic rings. The molecule has 96 valence electrons. The molecule has 2 N–H and O–H groups in total. The van der Waals surface area contributed by atoms with Gasteiger partial charge in [-0.25, -0.2) is 0 Å². The lowest BCUT2D eigenvalue weighted by Gasteiger charge is -2.45. The molecule has 2 atom stereocenters. The summed E-state index contributed by atoms with van der Waals surface area (Å²) in [5.41, 5.74) is 6.10. The van der Waals surface area contributed by atoms with Crippen molar-refractivity contribution in [3.8, 4) is 0 Å². The lowest BCUT2D eigenvalue weighted by molar-refractivity contribution is 0.137. The van der Waals surface area contributed by atoms with E-state index in [9.17, 15) is 0 Å². The lowest BCUT2D eigenvalue weighted by Crippen LogP contribution is -2.55. The van der Waals surface area contributed by atoms with Crippen LogP contribution >= 0.6 is 24.2 Å². The van der Waals surface area contributed by atoms with E-state index >= 15 is 0 Å². The predicted molar refractivity (Wildman–Crippen MR) is 75.6 cm³/mol. The Morgan fingerprint density at radius 3 is 2.69 bits per heavy atom. The van der Waals surface area contributed by atoms with Crippen LogP contribution in [-0.2, 0) is 0 Å². The predicted octanol–water partition coefficient (Wildman–Crippen LogP) is 2.51. The van der Waals surface area contributed by atoms with E-state index in [0.717, 1.165) is 17.8 Å². The minimum atomic E-state index is -0.0377. The second-order valence-corrected chi connectivity index (χ2v) is 7.07. The van der Waals surface area contributed by atoms with E-state index in [-0.39, 0.29) is 17.9 Å². The van der Waals surface area contributed by atoms with Crippen molar-refractivity contribution >= 4 is 24.2 Å². The fraction of sp³-hybridized carbons (Fsp3) is 1.00. The minimum Gasteiger partial charge on any atom is -0.324 e. The van der Waals surface area contributed by atoms with Gasteiger partial charge in [0, 0.05) is 35.7 Å². The molecule has 1 heterocycles. The van der Waals surface area contributed by atoms with Crippen molar-refractivity contribution in [3.63, 3.8) is 0 Å². The molecule has 0 aromatic rings. The van der Waals surface area contributed by atoms with Crippen LogP contribution in [0.15, 0.2) is 0 Å². The molecule has 0 radical (unpaired) electrons. The summed E-state index contributed by atoms with van der Waals surface area (Å²) in [6, 6.07) is 0.820. The zero-order valence-electron chi connectivity index (χ0n) is 10.4. The fourth-order valence-corrected chi connectivity index (χ4v) is 4.40. The van der Waals surface area contributed by atoms with Gasteiger partial charge in [-0.1, -0.05) is 12.8 Å². The van der Waals surface area contributed by atoms with Crippen LogP contribution in [0.3, 0.4) is 0 Å². The van der Waals surface area contributed by atoms with Gasteiger partial charge in [0.15, 0.2) is 0 Å². The summed E-state index contributed by atoms with van der Waals surface area (Å²) >= 11 is 2.19. The van der Waals surface area contributed by atoms with E-state index in [1.54, 1.807) is 0 Å². The average molecular weight is 265 g/mol. The Morgan fingerprint density at radius 1 is 1.31 bits per heavy atom. The first-order valence-corrected chi connectivity index (χ1v) is 7.26. The Hall–Kier alpha value is 0.560. The number of fused-ring (bicyclic) bond motifs is 1. The van der Waals surface area contributed by atoms with Crippen molar-refractivity contribution in [2.24, 2.45) is 5.73 Å². The summed E-state index contributed by atoms with van der Waals surface area (Å²) in [6.45, 7) is 6.60. The SMILES string of the molecule is CC(C)(N)CN1CCSC2CCCCC21.Cl. The van der Waals surface area contributed by atoms with E-state index < -0.39 is 0 Å². The van der Waals surface area contributed by atoms with Gasteiger partial charge in [0.2, 0.25) is 0 Å². The van der Waals surface area contributed by atoms with E-state index in [1.165, 1.54) is 38.0 Å². The van der Waals surface area contributed by atoms with Gasteiger partial charge in [-0.05, 0) is 26.7 Å². The molecule has 0 amide bonds. The first-order valence-electron chi connectivity index (χ1n) is 6.21. The van der Waals surface area contributed by atoms with Crippen LogP contribution in [0.25, 0.3) is 0 Å². The van der Waals surface area contributed by atoms with Gasteiger partial charge in [-0.2, -0.15) is 11.8 Å². The number of thioether (sulfide) groups is 1. The first kappa shape index (κ1) is 14.6. The molecule has 0 bridgehead atoms. The van der Waals surface area contributed by atoms with Crippen LogP contribution in [0.1, 0.15) is 39.5 Å². The van der Waals surface area contributed by atoms with Crippen molar-refractivity contribution in [1.82, 2.24) is 4.90 Å². The Kier molecular flexibility index (Phi) is 5.43. The number of halogens is 1. The number of rotatable bonds is 2. The number of nitrogens with two attached hydrogens (primary N) is 1. The van der Waals surface area contributed by atoms with Crippen LogP contribution in [-0.4, -0.2) is 40.6 Å². The van der Waals surface area contributed by atoms with Crippen LogP contribution in [0.5, 0.6) is 0 Å². The molecule has 0 spiro atoms. The van der Waals surface area contributed by atoms with Gasteiger partial charge in [0.1, 0.15) is 0 Å². The first-order chi connectivity index (χ1) is 7.06. The highest BCUT2D eigenvalue weighted by Gasteiger charge is 2.35. The molecule has 16 heavy (non-hydrogen) atoms. The highest BCUT2D eigenvalue weighted by atomic mass is 35.5. The Labute approximate surface area is 110 Å². The Balaban J connectivity index is 0.00000128. The third-order valence-corrected chi connectivity index (χ3v) is 4.85. The minimum absolute atomic E-state index is 0. The second-order valence-electron chi connectivity index (χ2n) is 5.72. The molecule has 1 saturated carbocycles. The van der Waals surface area contributed by atoms with E-state index in [1.807, 2.05) is 0 Å². The molecule has 1 aliphatic carbocycles. The van der Waals surface area contributed by atoms with Crippen molar-refractivity contribution in [3.05, 3.63) is 0 Å². The molecule has 2 nitrogen and oxygen atoms in total. The zero-order chi connectivity index (χ0) is 10.9. The molecule has 0 aromatic carbocycles. The molecule has 2 unspecified atom stereocenters. The van der Waals surface area contributed by atoms with Crippen molar-refractivity contribution in [2.45, 2.75) is 56.4 Å². The third kappa shape index (κ3) is 3.80. The molecule has 1 aliphatic heterocycles. The number of nitrogens with zero attached hydrogens (tertiary/aromatic N) is 1. The van der Waals surface area contributed by atoms with Gasteiger partial charge in [-0.15, -0.1) is 12.4 Å². The average Bonchev–Trinajstić information content (AvgIpc) is 2.16. The van der Waals surface area contributed by atoms with Crippen LogP contribution < -0.4 is 5.73 Å². The summed E-state index contributed by atoms with van der Waals surface area (Å²) in [5, 5.41) is 0.898. The van der Waals surface area contributed by atoms with Gasteiger partial charge < -0.3 is 5.73 Å². The number of hydrogen-bond donors (Lipinski definition) is 1. The maximum atomic E-state index is 6.14. The normalized spacial score (nSPS) is 31.7. The van der Waals surface area contributed by atoms with Crippen molar-refractivity contribution in [1.29, 1.82) is 0 Å². The summed E-state index contributed by atoms with van der Waals surface area (Å²) < 4.78 is 0. The molecule has 2 rings (SSSR count). The smallest absolute Gasteiger partial charge is 0.0226 e. The molecule has 0 aromatic heterocycles. The van der Waals surface area contributed by atoms with Gasteiger partial charge in [0.25, 0.3) is 0 Å². The molecular weight excluding hydrogens is 240 g/mol. The van der Waals surface area contributed by atoms with Crippen LogP contribution in [0, 0.1) is 0 Å². The quantitative estimate of drug-likeness (QED) is 0.831. The van der Waals surface area contributed by atoms with Crippen LogP contribution in [0.4, 0.5) is 0 Å². The highest BCUT2D eigenvalue weighted by Crippen LogP contribution is 2.35. The van der Waals surface area contributed by atoms with E-state index in [2.05, 4.69) is 30.5 Å². The second kappa shape index (κ2) is 5.94. The molecule has 2 fully saturated rings. The lowest BCUT2D eigenvalue weighted by atomic mass is 9.92. The van der Waals surface area contributed by atoms with Crippen LogP contribution in [0.2, 0.25) is 0 Å². The summed E-state index contributed by atoms with van der Waals surface area (Å²) in [5.74, 6) is 1.30. The summed E-state index contributed by atoms with van der Waals surface area (Å²) in [7, 11) is 0. The maximum absolute atomic E-state index is 6.14.